The minimum Gasteiger partial charge on any atom is -0.378 e. The quantitative estimate of drug-likeness (QED) is 0.669. The van der Waals surface area contributed by atoms with Crippen LogP contribution in [0.25, 0.3) is 0 Å². The summed E-state index contributed by atoms with van der Waals surface area (Å²) >= 11 is 0. The fraction of sp³-hybridized carbons (Fsp3) is 1.00. The Kier molecular flexibility index (Phi) is 2.63. The van der Waals surface area contributed by atoms with Crippen LogP contribution in [0.3, 0.4) is 0 Å². The van der Waals surface area contributed by atoms with E-state index in [2.05, 4.69) is 0 Å². The summed E-state index contributed by atoms with van der Waals surface area (Å²) in [5, 5.41) is 8.15. The fourth-order valence-electron chi connectivity index (χ4n) is 0.914. The molecule has 0 aromatic rings. The highest BCUT2D eigenvalue weighted by molar-refractivity contribution is 7.55. The molecule has 1 saturated heterocycles. The highest BCUT2D eigenvalue weighted by atomic mass is 31.2. The van der Waals surface area contributed by atoms with E-state index in [0.29, 0.717) is 13.2 Å². The van der Waals surface area contributed by atoms with Gasteiger partial charge in [-0.15, -0.1) is 0 Å². The van der Waals surface area contributed by atoms with Crippen molar-refractivity contribution in [2.45, 2.75) is 33.0 Å². The summed E-state index contributed by atoms with van der Waals surface area (Å²) in [6.07, 6.45) is 0. The van der Waals surface area contributed by atoms with E-state index in [9.17, 15) is 9.67 Å². The Hall–Kier alpha value is 0.110. The molecule has 1 aliphatic heterocycles. The molecule has 1 rings (SSSR count). The maximum absolute atomic E-state index is 11.8. The Labute approximate surface area is 78.8 Å². The number of aliphatic hydroxyl groups is 1. The number of hydrogen-bond donors (Lipinski definition) is 1. The van der Waals surface area contributed by atoms with Gasteiger partial charge in [0.1, 0.15) is 0 Å². The van der Waals surface area contributed by atoms with Crippen LogP contribution in [-0.4, -0.2) is 23.7 Å². The zero-order valence-corrected chi connectivity index (χ0v) is 9.43. The van der Waals surface area contributed by atoms with Crippen molar-refractivity contribution in [2.24, 2.45) is 5.41 Å². The molecule has 0 unspecified atom stereocenters. The molecule has 5 heteroatoms. The molecule has 0 aromatic carbocycles. The van der Waals surface area contributed by atoms with Crippen LogP contribution in [0.15, 0.2) is 0 Å². The van der Waals surface area contributed by atoms with E-state index >= 15 is 0 Å². The molecule has 0 amide bonds. The molecule has 13 heavy (non-hydrogen) atoms. The van der Waals surface area contributed by atoms with E-state index in [1.807, 2.05) is 13.8 Å². The van der Waals surface area contributed by atoms with Gasteiger partial charge in [-0.2, -0.15) is 0 Å². The standard InChI is InChI=1S/C8H17O4P/c1-7(2)5-11-13(10,12-6-7)8(3,4)9/h9H,5-6H2,1-4H3. The number of hydrogen-bond acceptors (Lipinski definition) is 4. The Morgan fingerprint density at radius 3 is 2.00 bits per heavy atom. The third kappa shape index (κ3) is 2.32. The van der Waals surface area contributed by atoms with E-state index < -0.39 is 12.9 Å². The van der Waals surface area contributed by atoms with Gasteiger partial charge in [-0.25, -0.2) is 0 Å². The van der Waals surface area contributed by atoms with Gasteiger partial charge in [0.2, 0.25) is 0 Å². The van der Waals surface area contributed by atoms with Crippen molar-refractivity contribution < 1.29 is 18.7 Å². The van der Waals surface area contributed by atoms with Crippen molar-refractivity contribution in [3.63, 3.8) is 0 Å². The van der Waals surface area contributed by atoms with Crippen molar-refractivity contribution in [2.75, 3.05) is 13.2 Å². The molecule has 0 radical (unpaired) electrons. The van der Waals surface area contributed by atoms with Crippen LogP contribution >= 0.6 is 7.60 Å². The first kappa shape index (κ1) is 11.2. The largest absolute Gasteiger partial charge is 0.378 e. The summed E-state index contributed by atoms with van der Waals surface area (Å²) in [6, 6.07) is 0. The summed E-state index contributed by atoms with van der Waals surface area (Å²) < 4.78 is 22.1. The van der Waals surface area contributed by atoms with E-state index in [0.717, 1.165) is 0 Å². The molecule has 78 valence electrons. The summed E-state index contributed by atoms with van der Waals surface area (Å²) in [5.74, 6) is 0. The van der Waals surface area contributed by atoms with Crippen molar-refractivity contribution in [1.82, 2.24) is 0 Å². The smallest absolute Gasteiger partial charge is 0.361 e. The minimum atomic E-state index is -3.32. The van der Waals surface area contributed by atoms with Gasteiger partial charge in [0.05, 0.1) is 13.2 Å². The van der Waals surface area contributed by atoms with E-state index in [-0.39, 0.29) is 5.41 Å². The molecule has 4 nitrogen and oxygen atoms in total. The van der Waals surface area contributed by atoms with Crippen LogP contribution in [0.5, 0.6) is 0 Å². The maximum Gasteiger partial charge on any atom is 0.361 e. The summed E-state index contributed by atoms with van der Waals surface area (Å²) in [5.41, 5.74) is -0.126. The second-order valence-corrected chi connectivity index (χ2v) is 7.31. The van der Waals surface area contributed by atoms with Gasteiger partial charge in [-0.1, -0.05) is 13.8 Å². The minimum absolute atomic E-state index is 0.126. The van der Waals surface area contributed by atoms with Gasteiger partial charge in [-0.05, 0) is 13.8 Å². The first-order chi connectivity index (χ1) is 5.66. The SMILES string of the molecule is CC1(C)COP(=O)(C(C)(C)O)OC1. The molecule has 1 N–H and O–H groups in total. The van der Waals surface area contributed by atoms with Crippen LogP contribution in [0.4, 0.5) is 0 Å². The van der Waals surface area contributed by atoms with Gasteiger partial charge in [0.25, 0.3) is 0 Å². The Morgan fingerprint density at radius 2 is 1.69 bits per heavy atom. The van der Waals surface area contributed by atoms with Gasteiger partial charge < -0.3 is 14.2 Å². The average molecular weight is 208 g/mol. The van der Waals surface area contributed by atoms with Crippen molar-refractivity contribution >= 4 is 7.60 Å². The highest BCUT2D eigenvalue weighted by Crippen LogP contribution is 2.61. The van der Waals surface area contributed by atoms with Crippen LogP contribution in [0, 0.1) is 5.41 Å². The Morgan fingerprint density at radius 1 is 1.31 bits per heavy atom. The predicted molar refractivity (Wildman–Crippen MR) is 49.6 cm³/mol. The first-order valence-corrected chi connectivity index (χ1v) is 5.82. The predicted octanol–water partition coefficient (Wildman–Crippen LogP) is 1.98. The van der Waals surface area contributed by atoms with E-state index in [1.54, 1.807) is 0 Å². The summed E-state index contributed by atoms with van der Waals surface area (Å²) in [7, 11) is -3.32. The van der Waals surface area contributed by atoms with Crippen LogP contribution in [-0.2, 0) is 13.6 Å². The first-order valence-electron chi connectivity index (χ1n) is 4.28. The molecule has 1 fully saturated rings. The second kappa shape index (κ2) is 3.06. The molecule has 0 aromatic heterocycles. The van der Waals surface area contributed by atoms with Crippen molar-refractivity contribution in [3.8, 4) is 0 Å². The molecule has 1 aliphatic rings. The molecular weight excluding hydrogens is 191 g/mol. The topological polar surface area (TPSA) is 55.8 Å². The lowest BCUT2D eigenvalue weighted by Gasteiger charge is -2.38. The lowest BCUT2D eigenvalue weighted by atomic mass is 9.97. The van der Waals surface area contributed by atoms with Gasteiger partial charge in [-0.3, -0.25) is 4.57 Å². The molecule has 0 spiro atoms. The highest BCUT2D eigenvalue weighted by Gasteiger charge is 2.47. The number of rotatable bonds is 1. The summed E-state index contributed by atoms with van der Waals surface area (Å²) in [6.45, 7) is 7.50. The molecule has 0 atom stereocenters. The summed E-state index contributed by atoms with van der Waals surface area (Å²) in [4.78, 5) is 0. The molecule has 0 aliphatic carbocycles. The second-order valence-electron chi connectivity index (χ2n) is 4.70. The monoisotopic (exact) mass is 208 g/mol. The lowest BCUT2D eigenvalue weighted by molar-refractivity contribution is 0.00656. The third-order valence-electron chi connectivity index (χ3n) is 1.92. The van der Waals surface area contributed by atoms with Crippen molar-refractivity contribution in [1.29, 1.82) is 0 Å². The molecular formula is C8H17O4P. The zero-order valence-electron chi connectivity index (χ0n) is 8.53. The van der Waals surface area contributed by atoms with Gasteiger partial charge in [0, 0.05) is 5.41 Å². The van der Waals surface area contributed by atoms with E-state index in [1.165, 1.54) is 13.8 Å². The maximum atomic E-state index is 11.8. The zero-order chi connectivity index (χ0) is 10.3. The fourth-order valence-corrected chi connectivity index (χ4v) is 2.66. The van der Waals surface area contributed by atoms with E-state index in [4.69, 9.17) is 9.05 Å². The van der Waals surface area contributed by atoms with Crippen LogP contribution in [0.1, 0.15) is 27.7 Å². The van der Waals surface area contributed by atoms with Crippen LogP contribution < -0.4 is 0 Å². The normalized spacial score (nSPS) is 27.2. The average Bonchev–Trinajstić information content (AvgIpc) is 1.94. The molecule has 0 bridgehead atoms. The van der Waals surface area contributed by atoms with Crippen molar-refractivity contribution in [3.05, 3.63) is 0 Å². The third-order valence-corrected chi connectivity index (χ3v) is 4.20. The van der Waals surface area contributed by atoms with Gasteiger partial charge in [0.15, 0.2) is 5.34 Å². The lowest BCUT2D eigenvalue weighted by Crippen LogP contribution is -2.35. The van der Waals surface area contributed by atoms with Gasteiger partial charge >= 0.3 is 7.60 Å². The Bertz CT molecular complexity index is 227. The Balaban J connectivity index is 2.74. The molecule has 0 saturated carbocycles. The van der Waals surface area contributed by atoms with Crippen LogP contribution in [0.2, 0.25) is 0 Å². The molecule has 1 heterocycles.